The van der Waals surface area contributed by atoms with Crippen LogP contribution in [0.5, 0.6) is 0 Å². The van der Waals surface area contributed by atoms with Gasteiger partial charge in [-0.15, -0.1) is 0 Å². The third kappa shape index (κ3) is 5.83. The lowest BCUT2D eigenvalue weighted by Gasteiger charge is -2.37. The van der Waals surface area contributed by atoms with Crippen LogP contribution in [0.3, 0.4) is 0 Å². The summed E-state index contributed by atoms with van der Waals surface area (Å²) in [6, 6.07) is 11.6. The Kier molecular flexibility index (Phi) is 9.01. The molecule has 1 unspecified atom stereocenters. The predicted molar refractivity (Wildman–Crippen MR) is 138 cm³/mol. The van der Waals surface area contributed by atoms with E-state index in [-0.39, 0.29) is 16.5 Å². The number of guanidine groups is 1. The number of amides is 1. The molecule has 3 rings (SSSR count). The number of rotatable bonds is 8. The minimum atomic E-state index is -1.05. The zero-order valence-corrected chi connectivity index (χ0v) is 21.1. The Balaban J connectivity index is 2.04. The molecule has 2 aromatic carbocycles. The summed E-state index contributed by atoms with van der Waals surface area (Å²) in [5, 5.41) is 20.4. The number of aliphatic imine (C=N–C) groups is 1. The van der Waals surface area contributed by atoms with E-state index in [2.05, 4.69) is 20.7 Å². The van der Waals surface area contributed by atoms with Gasteiger partial charge in [0.25, 0.3) is 5.91 Å². The fraction of sp³-hybridized carbons (Fsp3) is 0.360. The standard InChI is InChI=1S/C25H29F2N7OS/c1-16(2)21(29)23(35)34-25(17-8-5-4-6-9-17,12-7-13-31-24(30-3)32-15-28)36-22(33-34)19-14-18(26)10-11-20(19)27/h4-6,8-11,14,16,21H,7,12-13,29H2,1-3H3,(H2,30,31,32)/t21-,25?/m0/s1. The average Bonchev–Trinajstić information content (AvgIpc) is 3.27. The molecule has 0 radical (unpaired) electrons. The number of nitrogens with zero attached hydrogens (tertiary/aromatic N) is 4. The van der Waals surface area contributed by atoms with Crippen LogP contribution in [0.1, 0.15) is 37.8 Å². The summed E-state index contributed by atoms with van der Waals surface area (Å²) in [7, 11) is 1.55. The van der Waals surface area contributed by atoms with E-state index in [4.69, 9.17) is 11.0 Å². The Morgan fingerprint density at radius 3 is 2.64 bits per heavy atom. The number of nitrogens with one attached hydrogen (secondary N) is 2. The highest BCUT2D eigenvalue weighted by Gasteiger charge is 2.49. The molecule has 1 aliphatic heterocycles. The van der Waals surface area contributed by atoms with Crippen molar-refractivity contribution in [1.29, 1.82) is 5.26 Å². The van der Waals surface area contributed by atoms with Crippen LogP contribution in [0.25, 0.3) is 0 Å². The average molecular weight is 514 g/mol. The van der Waals surface area contributed by atoms with Crippen LogP contribution >= 0.6 is 11.8 Å². The van der Waals surface area contributed by atoms with Crippen molar-refractivity contribution in [2.45, 2.75) is 37.6 Å². The largest absolute Gasteiger partial charge is 0.356 e. The SMILES string of the molecule is CN=C(NC#N)NCCCC1(c2ccccc2)SC(c2cc(F)ccc2F)=NN1C(=O)[C@@H](N)C(C)C. The van der Waals surface area contributed by atoms with Gasteiger partial charge in [-0.05, 0) is 42.5 Å². The number of nitrogens with two attached hydrogens (primary N) is 1. The maximum atomic E-state index is 14.8. The van der Waals surface area contributed by atoms with Gasteiger partial charge in [0.2, 0.25) is 5.96 Å². The monoisotopic (exact) mass is 513 g/mol. The zero-order chi connectivity index (χ0) is 26.3. The first-order valence-electron chi connectivity index (χ1n) is 11.5. The van der Waals surface area contributed by atoms with E-state index >= 15 is 0 Å². The summed E-state index contributed by atoms with van der Waals surface area (Å²) in [6.07, 6.45) is 2.75. The molecule has 4 N–H and O–H groups in total. The van der Waals surface area contributed by atoms with E-state index in [1.807, 2.05) is 50.4 Å². The van der Waals surface area contributed by atoms with E-state index in [9.17, 15) is 13.6 Å². The van der Waals surface area contributed by atoms with Crippen LogP contribution in [0, 0.1) is 29.0 Å². The van der Waals surface area contributed by atoms with E-state index in [1.54, 1.807) is 7.05 Å². The third-order valence-corrected chi connectivity index (χ3v) is 7.22. The highest BCUT2D eigenvalue weighted by molar-refractivity contribution is 8.15. The molecule has 1 heterocycles. The summed E-state index contributed by atoms with van der Waals surface area (Å²) in [4.78, 5) is 16.5. The van der Waals surface area contributed by atoms with Gasteiger partial charge < -0.3 is 11.1 Å². The van der Waals surface area contributed by atoms with Crippen molar-refractivity contribution >= 4 is 28.7 Å². The van der Waals surface area contributed by atoms with Gasteiger partial charge in [-0.2, -0.15) is 10.4 Å². The second kappa shape index (κ2) is 12.0. The van der Waals surface area contributed by atoms with Gasteiger partial charge >= 0.3 is 0 Å². The molecule has 8 nitrogen and oxygen atoms in total. The number of nitriles is 1. The number of halogens is 2. The van der Waals surface area contributed by atoms with Gasteiger partial charge in [-0.3, -0.25) is 15.1 Å². The Morgan fingerprint density at radius 1 is 1.28 bits per heavy atom. The van der Waals surface area contributed by atoms with Gasteiger partial charge in [0.15, 0.2) is 6.19 Å². The van der Waals surface area contributed by atoms with Crippen LogP contribution < -0.4 is 16.4 Å². The lowest BCUT2D eigenvalue weighted by atomic mass is 9.98. The summed E-state index contributed by atoms with van der Waals surface area (Å²) < 4.78 is 28.8. The molecule has 0 saturated heterocycles. The van der Waals surface area contributed by atoms with Crippen molar-refractivity contribution in [3.05, 3.63) is 71.3 Å². The fourth-order valence-corrected chi connectivity index (χ4v) is 5.19. The number of thioether (sulfide) groups is 1. The van der Waals surface area contributed by atoms with Gasteiger partial charge in [-0.1, -0.05) is 55.9 Å². The molecule has 36 heavy (non-hydrogen) atoms. The highest BCUT2D eigenvalue weighted by Crippen LogP contribution is 2.50. The van der Waals surface area contributed by atoms with Crippen LogP contribution in [0.2, 0.25) is 0 Å². The van der Waals surface area contributed by atoms with E-state index in [1.165, 1.54) is 16.8 Å². The first-order chi connectivity index (χ1) is 17.2. The maximum absolute atomic E-state index is 14.8. The molecule has 1 amide bonds. The molecule has 0 aliphatic carbocycles. The number of carbonyl (C=O) groups is 1. The smallest absolute Gasteiger partial charge is 0.261 e. The molecule has 0 fully saturated rings. The number of hydrogen-bond donors (Lipinski definition) is 3. The van der Waals surface area contributed by atoms with Crippen molar-refractivity contribution in [2.24, 2.45) is 21.7 Å². The molecule has 0 spiro atoms. The quantitative estimate of drug-likeness (QED) is 0.164. The molecule has 0 saturated carbocycles. The molecular weight excluding hydrogens is 484 g/mol. The van der Waals surface area contributed by atoms with Gasteiger partial charge in [0.1, 0.15) is 21.5 Å². The van der Waals surface area contributed by atoms with Crippen molar-refractivity contribution in [3.63, 3.8) is 0 Å². The number of hydrazone groups is 1. The summed E-state index contributed by atoms with van der Waals surface area (Å²) in [5.74, 6) is -1.51. The first-order valence-corrected chi connectivity index (χ1v) is 12.3. The van der Waals surface area contributed by atoms with Crippen molar-refractivity contribution < 1.29 is 13.6 Å². The zero-order valence-electron chi connectivity index (χ0n) is 20.3. The second-order valence-corrected chi connectivity index (χ2v) is 9.81. The van der Waals surface area contributed by atoms with Gasteiger partial charge in [0.05, 0.1) is 6.04 Å². The number of hydrogen-bond acceptors (Lipinski definition) is 6. The molecule has 2 atom stereocenters. The lowest BCUT2D eigenvalue weighted by Crippen LogP contribution is -2.50. The highest BCUT2D eigenvalue weighted by atomic mass is 32.2. The molecule has 0 aromatic heterocycles. The summed E-state index contributed by atoms with van der Waals surface area (Å²) in [6.45, 7) is 4.10. The first kappa shape index (κ1) is 27.1. The van der Waals surface area contributed by atoms with Crippen LogP contribution in [-0.2, 0) is 9.67 Å². The molecule has 2 aromatic rings. The molecule has 1 aliphatic rings. The molecule has 0 bridgehead atoms. The molecule has 190 valence electrons. The summed E-state index contributed by atoms with van der Waals surface area (Å²) in [5.41, 5.74) is 7.00. The lowest BCUT2D eigenvalue weighted by molar-refractivity contribution is -0.137. The molecule has 11 heteroatoms. The van der Waals surface area contributed by atoms with Gasteiger partial charge in [-0.25, -0.2) is 13.8 Å². The van der Waals surface area contributed by atoms with E-state index in [0.29, 0.717) is 25.3 Å². The minimum absolute atomic E-state index is 0.0227. The fourth-order valence-electron chi connectivity index (χ4n) is 3.77. The Hall–Kier alpha value is -3.49. The van der Waals surface area contributed by atoms with Crippen molar-refractivity contribution in [3.8, 4) is 6.19 Å². The third-order valence-electron chi connectivity index (χ3n) is 5.78. The Bertz CT molecular complexity index is 1180. The maximum Gasteiger partial charge on any atom is 0.261 e. The van der Waals surface area contributed by atoms with Crippen LogP contribution in [-0.4, -0.2) is 41.6 Å². The molecular formula is C25H29F2N7OS. The van der Waals surface area contributed by atoms with Crippen LogP contribution in [0.4, 0.5) is 8.78 Å². The normalized spacial score (nSPS) is 18.6. The topological polar surface area (TPSA) is 119 Å². The number of benzene rings is 2. The van der Waals surface area contributed by atoms with Crippen LogP contribution in [0.15, 0.2) is 58.6 Å². The number of carbonyl (C=O) groups excluding carboxylic acids is 1. The predicted octanol–water partition coefficient (Wildman–Crippen LogP) is 3.46. The minimum Gasteiger partial charge on any atom is -0.356 e. The summed E-state index contributed by atoms with van der Waals surface area (Å²) >= 11 is 1.19. The van der Waals surface area contributed by atoms with Crippen molar-refractivity contribution in [1.82, 2.24) is 15.6 Å². The Morgan fingerprint density at radius 2 is 2.00 bits per heavy atom. The second-order valence-electron chi connectivity index (χ2n) is 8.54. The van der Waals surface area contributed by atoms with Gasteiger partial charge in [0, 0.05) is 19.2 Å². The Labute approximate surface area is 213 Å². The van der Waals surface area contributed by atoms with E-state index in [0.717, 1.165) is 23.8 Å². The van der Waals surface area contributed by atoms with Crippen molar-refractivity contribution in [2.75, 3.05) is 13.6 Å². The van der Waals surface area contributed by atoms with E-state index < -0.39 is 28.5 Å².